The molecule has 0 aromatic carbocycles. The van der Waals surface area contributed by atoms with Crippen molar-refractivity contribution in [2.75, 3.05) is 0 Å². The maximum absolute atomic E-state index is 12.3. The van der Waals surface area contributed by atoms with Gasteiger partial charge in [-0.25, -0.2) is 4.98 Å². The molecule has 120 valence electrons. The molecule has 2 aromatic heterocycles. The van der Waals surface area contributed by atoms with Crippen molar-refractivity contribution in [1.82, 2.24) is 15.3 Å². The molecular weight excluding hydrogens is 314 g/mol. The Morgan fingerprint density at radius 2 is 2.04 bits per heavy atom. The van der Waals surface area contributed by atoms with Crippen LogP contribution in [0.1, 0.15) is 45.6 Å². The zero-order valence-electron chi connectivity index (χ0n) is 12.9. The first-order valence-electron chi connectivity index (χ1n) is 7.69. The van der Waals surface area contributed by atoms with Gasteiger partial charge in [-0.1, -0.05) is 11.6 Å². The zero-order valence-corrected chi connectivity index (χ0v) is 13.7. The second-order valence-corrected chi connectivity index (χ2v) is 6.16. The molecule has 2 heterocycles. The molecule has 0 atom stereocenters. The quantitative estimate of drug-likeness (QED) is 0.849. The molecule has 1 aliphatic carbocycles. The van der Waals surface area contributed by atoms with Crippen LogP contribution < -0.4 is 10.9 Å². The summed E-state index contributed by atoms with van der Waals surface area (Å²) >= 11 is 5.72. The van der Waals surface area contributed by atoms with Crippen molar-refractivity contribution in [1.29, 1.82) is 0 Å². The number of carbonyl (C=O) groups is 1. The molecule has 0 bridgehead atoms. The Balaban J connectivity index is 1.82. The van der Waals surface area contributed by atoms with Crippen LogP contribution in [0.15, 0.2) is 23.1 Å². The number of amides is 1. The van der Waals surface area contributed by atoms with Gasteiger partial charge in [0.25, 0.3) is 11.5 Å². The van der Waals surface area contributed by atoms with Crippen LogP contribution in [0.3, 0.4) is 0 Å². The number of rotatable bonds is 3. The molecular formula is C17H18ClN3O2. The van der Waals surface area contributed by atoms with E-state index in [4.69, 9.17) is 11.6 Å². The summed E-state index contributed by atoms with van der Waals surface area (Å²) in [5.41, 5.74) is 4.26. The predicted octanol–water partition coefficient (Wildman–Crippen LogP) is 2.54. The Kier molecular flexibility index (Phi) is 4.48. The van der Waals surface area contributed by atoms with E-state index in [1.807, 2.05) is 6.92 Å². The third-order valence-electron chi connectivity index (χ3n) is 4.28. The van der Waals surface area contributed by atoms with Crippen LogP contribution in [0.5, 0.6) is 0 Å². The lowest BCUT2D eigenvalue weighted by Crippen LogP contribution is -2.30. The maximum Gasteiger partial charge on any atom is 0.253 e. The minimum absolute atomic E-state index is 0.113. The van der Waals surface area contributed by atoms with Crippen molar-refractivity contribution in [2.45, 2.75) is 39.2 Å². The van der Waals surface area contributed by atoms with Crippen molar-refractivity contribution in [3.63, 3.8) is 0 Å². The van der Waals surface area contributed by atoms with Crippen LogP contribution in [0.25, 0.3) is 0 Å². The average Bonchev–Trinajstić information content (AvgIpc) is 2.55. The van der Waals surface area contributed by atoms with Gasteiger partial charge in [-0.2, -0.15) is 0 Å². The van der Waals surface area contributed by atoms with E-state index in [2.05, 4.69) is 15.3 Å². The highest BCUT2D eigenvalue weighted by Gasteiger charge is 2.19. The number of H-pyrrole nitrogens is 1. The van der Waals surface area contributed by atoms with E-state index in [0.29, 0.717) is 16.3 Å². The van der Waals surface area contributed by atoms with Crippen LogP contribution in [0, 0.1) is 6.92 Å². The molecule has 0 aliphatic heterocycles. The summed E-state index contributed by atoms with van der Waals surface area (Å²) in [4.78, 5) is 31.2. The largest absolute Gasteiger partial charge is 0.348 e. The number of fused-ring (bicyclic) bond motifs is 1. The number of halogens is 1. The van der Waals surface area contributed by atoms with E-state index in [0.717, 1.165) is 36.9 Å². The lowest BCUT2D eigenvalue weighted by molar-refractivity contribution is 0.0950. The highest BCUT2D eigenvalue weighted by Crippen LogP contribution is 2.24. The van der Waals surface area contributed by atoms with Gasteiger partial charge < -0.3 is 10.3 Å². The molecule has 2 N–H and O–H groups in total. The Labute approximate surface area is 139 Å². The molecule has 0 unspecified atom stereocenters. The predicted molar refractivity (Wildman–Crippen MR) is 88.9 cm³/mol. The highest BCUT2D eigenvalue weighted by atomic mass is 35.5. The zero-order chi connectivity index (χ0) is 16.4. The van der Waals surface area contributed by atoms with Crippen LogP contribution in [-0.4, -0.2) is 15.9 Å². The molecule has 0 saturated carbocycles. The molecule has 0 radical (unpaired) electrons. The van der Waals surface area contributed by atoms with Gasteiger partial charge in [-0.05, 0) is 55.9 Å². The molecule has 1 amide bonds. The smallest absolute Gasteiger partial charge is 0.253 e. The van der Waals surface area contributed by atoms with Crippen LogP contribution >= 0.6 is 11.6 Å². The number of aryl methyl sites for hydroxylation is 1. The fraction of sp³-hybridized carbons (Fsp3) is 0.353. The van der Waals surface area contributed by atoms with E-state index >= 15 is 0 Å². The van der Waals surface area contributed by atoms with Crippen molar-refractivity contribution < 1.29 is 4.79 Å². The minimum Gasteiger partial charge on any atom is -0.348 e. The minimum atomic E-state index is -0.265. The number of carbonyl (C=O) groups excluding carboxylic acids is 1. The lowest BCUT2D eigenvalue weighted by atomic mass is 9.88. The van der Waals surface area contributed by atoms with Gasteiger partial charge in [0.2, 0.25) is 0 Å². The Morgan fingerprint density at radius 1 is 1.30 bits per heavy atom. The van der Waals surface area contributed by atoms with Gasteiger partial charge in [0.15, 0.2) is 0 Å². The van der Waals surface area contributed by atoms with Crippen LogP contribution in [0.4, 0.5) is 0 Å². The first kappa shape index (κ1) is 15.7. The first-order valence-corrected chi connectivity index (χ1v) is 8.07. The maximum atomic E-state index is 12.3. The molecule has 0 saturated heterocycles. The van der Waals surface area contributed by atoms with E-state index < -0.39 is 0 Å². The Hall–Kier alpha value is -2.14. The summed E-state index contributed by atoms with van der Waals surface area (Å²) in [5.74, 6) is -0.265. The number of hydrogen-bond acceptors (Lipinski definition) is 3. The molecule has 23 heavy (non-hydrogen) atoms. The van der Waals surface area contributed by atoms with Crippen molar-refractivity contribution in [3.05, 3.63) is 61.8 Å². The Bertz CT molecular complexity index is 797. The summed E-state index contributed by atoms with van der Waals surface area (Å²) in [6.45, 7) is 2.16. The lowest BCUT2D eigenvalue weighted by Gasteiger charge is -2.21. The van der Waals surface area contributed by atoms with Gasteiger partial charge in [0, 0.05) is 24.0 Å². The number of hydrogen-bond donors (Lipinski definition) is 2. The molecule has 2 aromatic rings. The summed E-state index contributed by atoms with van der Waals surface area (Å²) in [7, 11) is 0. The molecule has 6 heteroatoms. The summed E-state index contributed by atoms with van der Waals surface area (Å²) in [5, 5.41) is 3.14. The number of aromatic nitrogens is 2. The van der Waals surface area contributed by atoms with Gasteiger partial charge in [0.05, 0.1) is 5.56 Å². The third kappa shape index (κ3) is 3.29. The van der Waals surface area contributed by atoms with Crippen molar-refractivity contribution in [3.8, 4) is 0 Å². The van der Waals surface area contributed by atoms with E-state index in [1.165, 1.54) is 11.8 Å². The Morgan fingerprint density at radius 3 is 2.74 bits per heavy atom. The SMILES string of the molecule is Cc1[nH]c(=O)c(CNC(=O)c2ccc(Cl)nc2)c2c1CCCC2. The summed E-state index contributed by atoms with van der Waals surface area (Å²) in [6.07, 6.45) is 5.53. The van der Waals surface area contributed by atoms with Gasteiger partial charge in [-0.15, -0.1) is 0 Å². The highest BCUT2D eigenvalue weighted by molar-refractivity contribution is 6.29. The molecule has 5 nitrogen and oxygen atoms in total. The fourth-order valence-electron chi connectivity index (χ4n) is 3.08. The normalized spacial score (nSPS) is 13.5. The van der Waals surface area contributed by atoms with Crippen LogP contribution in [0.2, 0.25) is 5.15 Å². The van der Waals surface area contributed by atoms with Gasteiger partial charge in [0.1, 0.15) is 5.15 Å². The summed E-state index contributed by atoms with van der Waals surface area (Å²) in [6, 6.07) is 3.18. The number of aromatic amines is 1. The number of pyridine rings is 2. The molecule has 3 rings (SSSR count). The second kappa shape index (κ2) is 6.54. The number of nitrogens with zero attached hydrogens (tertiary/aromatic N) is 1. The van der Waals surface area contributed by atoms with Crippen molar-refractivity contribution >= 4 is 17.5 Å². The monoisotopic (exact) mass is 331 g/mol. The molecule has 1 aliphatic rings. The van der Waals surface area contributed by atoms with Crippen molar-refractivity contribution in [2.24, 2.45) is 0 Å². The van der Waals surface area contributed by atoms with Gasteiger partial charge >= 0.3 is 0 Å². The van der Waals surface area contributed by atoms with Gasteiger partial charge in [-0.3, -0.25) is 9.59 Å². The first-order chi connectivity index (χ1) is 11.1. The standard InChI is InChI=1S/C17H18ClN3O2/c1-10-12-4-2-3-5-13(12)14(17(23)21-10)9-20-16(22)11-6-7-15(18)19-8-11/h6-8H,2-5,9H2,1H3,(H,20,22)(H,21,23). The topological polar surface area (TPSA) is 74.8 Å². The van der Waals surface area contributed by atoms with E-state index in [1.54, 1.807) is 12.1 Å². The number of nitrogens with one attached hydrogen (secondary N) is 2. The van der Waals surface area contributed by atoms with E-state index in [9.17, 15) is 9.59 Å². The molecule has 0 spiro atoms. The average molecular weight is 332 g/mol. The summed E-state index contributed by atoms with van der Waals surface area (Å²) < 4.78 is 0. The fourth-order valence-corrected chi connectivity index (χ4v) is 3.19. The molecule has 0 fully saturated rings. The third-order valence-corrected chi connectivity index (χ3v) is 4.50. The second-order valence-electron chi connectivity index (χ2n) is 5.77. The van der Waals surface area contributed by atoms with Crippen LogP contribution in [-0.2, 0) is 19.4 Å². The van der Waals surface area contributed by atoms with E-state index in [-0.39, 0.29) is 18.0 Å².